The zero-order chi connectivity index (χ0) is 13.9. The molecule has 0 spiro atoms. The van der Waals surface area contributed by atoms with Crippen molar-refractivity contribution in [3.8, 4) is 0 Å². The molecule has 18 heavy (non-hydrogen) atoms. The van der Waals surface area contributed by atoms with Gasteiger partial charge in [-0.2, -0.15) is 0 Å². The van der Waals surface area contributed by atoms with Gasteiger partial charge in [-0.3, -0.25) is 4.79 Å². The molecule has 0 aromatic heterocycles. The van der Waals surface area contributed by atoms with Crippen molar-refractivity contribution < 1.29 is 18.3 Å². The Kier molecular flexibility index (Phi) is 5.20. The Labute approximate surface area is 110 Å². The van der Waals surface area contributed by atoms with Crippen LogP contribution < -0.4 is 0 Å². The zero-order valence-corrected chi connectivity index (χ0v) is 12.2. The van der Waals surface area contributed by atoms with Crippen LogP contribution in [0.3, 0.4) is 0 Å². The molecule has 1 saturated carbocycles. The van der Waals surface area contributed by atoms with Crippen LogP contribution in [-0.2, 0) is 14.6 Å². The van der Waals surface area contributed by atoms with Crippen molar-refractivity contribution in [1.29, 1.82) is 0 Å². The number of hydrogen-bond acceptors (Lipinski definition) is 3. The highest BCUT2D eigenvalue weighted by molar-refractivity contribution is 7.92. The Morgan fingerprint density at radius 3 is 2.39 bits per heavy atom. The maximum Gasteiger partial charge on any atom is 0.307 e. The fraction of sp³-hybridized carbons (Fsp3) is 0.923. The molecule has 1 aliphatic rings. The summed E-state index contributed by atoms with van der Waals surface area (Å²) in [7, 11) is -3.26. The Balaban J connectivity index is 2.90. The molecule has 1 N–H and O–H groups in total. The van der Waals surface area contributed by atoms with E-state index < -0.39 is 27.0 Å². The Morgan fingerprint density at radius 1 is 1.33 bits per heavy atom. The minimum absolute atomic E-state index is 0.105. The van der Waals surface area contributed by atoms with Crippen molar-refractivity contribution in [2.75, 3.05) is 5.75 Å². The summed E-state index contributed by atoms with van der Waals surface area (Å²) >= 11 is 0. The van der Waals surface area contributed by atoms with Crippen LogP contribution in [-0.4, -0.2) is 30.5 Å². The first-order chi connectivity index (χ1) is 8.29. The molecule has 0 aromatic carbocycles. The molecular formula is C13H24O4S. The van der Waals surface area contributed by atoms with Gasteiger partial charge >= 0.3 is 5.97 Å². The lowest BCUT2D eigenvalue weighted by atomic mass is 9.76. The average Bonchev–Trinajstić information content (AvgIpc) is 2.27. The predicted octanol–water partition coefficient (Wildman–Crippen LogP) is 2.34. The molecular weight excluding hydrogens is 252 g/mol. The van der Waals surface area contributed by atoms with E-state index in [9.17, 15) is 18.3 Å². The van der Waals surface area contributed by atoms with E-state index in [0.29, 0.717) is 31.1 Å². The second kappa shape index (κ2) is 6.04. The first-order valence-corrected chi connectivity index (χ1v) is 8.45. The monoisotopic (exact) mass is 276 g/mol. The maximum absolute atomic E-state index is 12.1. The van der Waals surface area contributed by atoms with Gasteiger partial charge in [0.1, 0.15) is 0 Å². The largest absolute Gasteiger partial charge is 0.481 e. The first-order valence-electron chi connectivity index (χ1n) is 6.74. The second-order valence-electron chi connectivity index (χ2n) is 5.67. The lowest BCUT2D eigenvalue weighted by Crippen LogP contribution is -2.41. The minimum atomic E-state index is -3.26. The van der Waals surface area contributed by atoms with Crippen LogP contribution in [0.25, 0.3) is 0 Å². The standard InChI is InChI=1S/C13H24O4S/c1-4-7-18(16,17)12-6-5-10(9(2)3)8-11(12)13(14)15/h9-12H,4-8H2,1-3H3,(H,14,15). The number of carboxylic acid groups (broad SMARTS) is 1. The molecule has 0 amide bonds. The van der Waals surface area contributed by atoms with Crippen LogP contribution in [0, 0.1) is 17.8 Å². The highest BCUT2D eigenvalue weighted by Crippen LogP contribution is 2.37. The van der Waals surface area contributed by atoms with Crippen molar-refractivity contribution in [2.24, 2.45) is 17.8 Å². The van der Waals surface area contributed by atoms with Crippen LogP contribution in [0.2, 0.25) is 0 Å². The third-order valence-electron chi connectivity index (χ3n) is 4.04. The molecule has 3 atom stereocenters. The van der Waals surface area contributed by atoms with E-state index in [1.165, 1.54) is 0 Å². The van der Waals surface area contributed by atoms with Crippen LogP contribution in [0.15, 0.2) is 0 Å². The maximum atomic E-state index is 12.1. The van der Waals surface area contributed by atoms with E-state index in [4.69, 9.17) is 0 Å². The molecule has 0 heterocycles. The molecule has 1 fully saturated rings. The quantitative estimate of drug-likeness (QED) is 0.836. The van der Waals surface area contributed by atoms with E-state index in [0.717, 1.165) is 6.42 Å². The molecule has 0 bridgehead atoms. The van der Waals surface area contributed by atoms with Gasteiger partial charge in [-0.15, -0.1) is 0 Å². The number of sulfone groups is 1. The molecule has 1 rings (SSSR count). The summed E-state index contributed by atoms with van der Waals surface area (Å²) in [6.07, 6.45) is 2.39. The summed E-state index contributed by atoms with van der Waals surface area (Å²) in [5.41, 5.74) is 0. The fourth-order valence-electron chi connectivity index (χ4n) is 2.91. The summed E-state index contributed by atoms with van der Waals surface area (Å²) in [4.78, 5) is 11.3. The normalized spacial score (nSPS) is 29.4. The highest BCUT2D eigenvalue weighted by atomic mass is 32.2. The van der Waals surface area contributed by atoms with Gasteiger partial charge in [-0.05, 0) is 37.5 Å². The van der Waals surface area contributed by atoms with Crippen LogP contribution >= 0.6 is 0 Å². The van der Waals surface area contributed by atoms with Crippen molar-refractivity contribution in [3.63, 3.8) is 0 Å². The van der Waals surface area contributed by atoms with Gasteiger partial charge in [-0.1, -0.05) is 20.8 Å². The topological polar surface area (TPSA) is 71.4 Å². The van der Waals surface area contributed by atoms with Crippen LogP contribution in [0.1, 0.15) is 46.5 Å². The van der Waals surface area contributed by atoms with Gasteiger partial charge in [0.25, 0.3) is 0 Å². The van der Waals surface area contributed by atoms with Gasteiger partial charge in [0.2, 0.25) is 0 Å². The van der Waals surface area contributed by atoms with Gasteiger partial charge in [0, 0.05) is 0 Å². The SMILES string of the molecule is CCCS(=O)(=O)C1CCC(C(C)C)CC1C(=O)O. The molecule has 106 valence electrons. The van der Waals surface area contributed by atoms with Crippen molar-refractivity contribution in [3.05, 3.63) is 0 Å². The van der Waals surface area contributed by atoms with Crippen molar-refractivity contribution in [1.82, 2.24) is 0 Å². The number of rotatable bonds is 5. The van der Waals surface area contributed by atoms with Gasteiger partial charge < -0.3 is 5.11 Å². The van der Waals surface area contributed by atoms with E-state index in [1.807, 2.05) is 6.92 Å². The summed E-state index contributed by atoms with van der Waals surface area (Å²) in [6.45, 7) is 5.96. The molecule has 0 saturated heterocycles. The molecule has 3 unspecified atom stereocenters. The Bertz CT molecular complexity index is 386. The third-order valence-corrected chi connectivity index (χ3v) is 6.50. The minimum Gasteiger partial charge on any atom is -0.481 e. The van der Waals surface area contributed by atoms with E-state index in [2.05, 4.69) is 13.8 Å². The van der Waals surface area contributed by atoms with Gasteiger partial charge in [0.15, 0.2) is 9.84 Å². The summed E-state index contributed by atoms with van der Waals surface area (Å²) < 4.78 is 24.2. The molecule has 1 aliphatic carbocycles. The highest BCUT2D eigenvalue weighted by Gasteiger charge is 2.42. The molecule has 0 radical (unpaired) electrons. The van der Waals surface area contributed by atoms with Crippen molar-refractivity contribution >= 4 is 15.8 Å². The second-order valence-corrected chi connectivity index (χ2v) is 8.01. The Morgan fingerprint density at radius 2 is 1.94 bits per heavy atom. The number of hydrogen-bond donors (Lipinski definition) is 1. The number of carboxylic acids is 1. The summed E-state index contributed by atoms with van der Waals surface area (Å²) in [5, 5.41) is 8.60. The molecule has 4 nitrogen and oxygen atoms in total. The van der Waals surface area contributed by atoms with Gasteiger partial charge in [-0.25, -0.2) is 8.42 Å². The molecule has 0 aromatic rings. The average molecular weight is 276 g/mol. The first kappa shape index (κ1) is 15.5. The lowest BCUT2D eigenvalue weighted by molar-refractivity contribution is -0.143. The van der Waals surface area contributed by atoms with Crippen molar-refractivity contribution in [2.45, 2.75) is 51.7 Å². The smallest absolute Gasteiger partial charge is 0.307 e. The van der Waals surface area contributed by atoms with Crippen LogP contribution in [0.5, 0.6) is 0 Å². The van der Waals surface area contributed by atoms with E-state index in [-0.39, 0.29) is 5.75 Å². The number of carbonyl (C=O) groups is 1. The van der Waals surface area contributed by atoms with E-state index in [1.54, 1.807) is 0 Å². The lowest BCUT2D eigenvalue weighted by Gasteiger charge is -2.35. The third kappa shape index (κ3) is 3.46. The molecule has 5 heteroatoms. The van der Waals surface area contributed by atoms with Crippen LogP contribution in [0.4, 0.5) is 0 Å². The predicted molar refractivity (Wildman–Crippen MR) is 71.2 cm³/mol. The summed E-state index contributed by atoms with van der Waals surface area (Å²) in [6, 6.07) is 0. The number of aliphatic carboxylic acids is 1. The Hall–Kier alpha value is -0.580. The summed E-state index contributed by atoms with van der Waals surface area (Å²) in [5.74, 6) is -0.818. The fourth-order valence-corrected chi connectivity index (χ4v) is 5.00. The molecule has 0 aliphatic heterocycles. The van der Waals surface area contributed by atoms with Gasteiger partial charge in [0.05, 0.1) is 16.9 Å². The van der Waals surface area contributed by atoms with E-state index >= 15 is 0 Å². The zero-order valence-electron chi connectivity index (χ0n) is 11.4.